The summed E-state index contributed by atoms with van der Waals surface area (Å²) in [5.41, 5.74) is 8.48. The minimum Gasteiger partial charge on any atom is -0.394 e. The van der Waals surface area contributed by atoms with Gasteiger partial charge in [0.25, 0.3) is 0 Å². The maximum atomic E-state index is 6.03. The summed E-state index contributed by atoms with van der Waals surface area (Å²) in [6.07, 6.45) is 3.25. The summed E-state index contributed by atoms with van der Waals surface area (Å²) in [5.74, 6) is 0.848. The Hall–Kier alpha value is -2.11. The second kappa shape index (κ2) is 5.03. The van der Waals surface area contributed by atoms with Gasteiger partial charge in [-0.1, -0.05) is 0 Å². The first-order valence-electron chi connectivity index (χ1n) is 5.93. The van der Waals surface area contributed by atoms with E-state index in [0.717, 1.165) is 17.2 Å². The molecule has 0 aromatic carbocycles. The monoisotopic (exact) mass is 246 g/mol. The molecule has 3 N–H and O–H groups in total. The molecule has 0 bridgehead atoms. The van der Waals surface area contributed by atoms with Crippen molar-refractivity contribution in [3.63, 3.8) is 0 Å². The molecule has 0 atom stereocenters. The Morgan fingerprint density at radius 3 is 2.83 bits per heavy atom. The molecule has 0 unspecified atom stereocenters. The van der Waals surface area contributed by atoms with Crippen LogP contribution in [0.1, 0.15) is 31.3 Å². The van der Waals surface area contributed by atoms with E-state index < -0.39 is 0 Å². The molecule has 6 nitrogen and oxygen atoms in total. The predicted molar refractivity (Wildman–Crippen MR) is 71.1 cm³/mol. The van der Waals surface area contributed by atoms with Crippen molar-refractivity contribution in [1.29, 1.82) is 0 Å². The number of aromatic nitrogens is 4. The maximum absolute atomic E-state index is 6.03. The number of anilines is 2. The highest BCUT2D eigenvalue weighted by Crippen LogP contribution is 2.25. The highest BCUT2D eigenvalue weighted by Gasteiger charge is 2.14. The molecule has 0 aliphatic rings. The Morgan fingerprint density at radius 2 is 2.22 bits per heavy atom. The van der Waals surface area contributed by atoms with Crippen LogP contribution < -0.4 is 11.1 Å². The Morgan fingerprint density at radius 1 is 1.44 bits per heavy atom. The highest BCUT2D eigenvalue weighted by atomic mass is 15.4. The van der Waals surface area contributed by atoms with Crippen LogP contribution in [0.3, 0.4) is 0 Å². The topological polar surface area (TPSA) is 81.7 Å². The molecule has 0 saturated heterocycles. The van der Waals surface area contributed by atoms with Crippen molar-refractivity contribution < 1.29 is 0 Å². The molecule has 0 spiro atoms. The third-order valence-corrected chi connectivity index (χ3v) is 2.70. The van der Waals surface area contributed by atoms with Crippen LogP contribution in [-0.4, -0.2) is 19.7 Å². The van der Waals surface area contributed by atoms with Crippen molar-refractivity contribution in [3.05, 3.63) is 30.0 Å². The van der Waals surface area contributed by atoms with Crippen LogP contribution in [0.25, 0.3) is 0 Å². The number of nitrogens with two attached hydrogens (primary N) is 1. The van der Waals surface area contributed by atoms with Crippen molar-refractivity contribution in [2.75, 3.05) is 11.1 Å². The van der Waals surface area contributed by atoms with Crippen molar-refractivity contribution in [1.82, 2.24) is 19.7 Å². The minimum atomic E-state index is 0.258. The van der Waals surface area contributed by atoms with E-state index in [1.54, 1.807) is 6.20 Å². The van der Waals surface area contributed by atoms with E-state index in [2.05, 4.69) is 34.2 Å². The lowest BCUT2D eigenvalue weighted by Gasteiger charge is -2.13. The highest BCUT2D eigenvalue weighted by molar-refractivity contribution is 5.64. The van der Waals surface area contributed by atoms with E-state index in [-0.39, 0.29) is 6.04 Å². The van der Waals surface area contributed by atoms with Crippen LogP contribution in [-0.2, 0) is 6.54 Å². The molecule has 2 heterocycles. The average molecular weight is 246 g/mol. The van der Waals surface area contributed by atoms with Gasteiger partial charge in [-0.2, -0.15) is 5.10 Å². The lowest BCUT2D eigenvalue weighted by Crippen LogP contribution is -2.11. The third-order valence-electron chi connectivity index (χ3n) is 2.70. The molecule has 2 aromatic rings. The van der Waals surface area contributed by atoms with E-state index in [0.29, 0.717) is 12.2 Å². The fourth-order valence-electron chi connectivity index (χ4n) is 1.71. The van der Waals surface area contributed by atoms with Gasteiger partial charge in [-0.3, -0.25) is 0 Å². The van der Waals surface area contributed by atoms with Crippen LogP contribution >= 0.6 is 0 Å². The molecule has 2 rings (SSSR count). The third kappa shape index (κ3) is 2.42. The number of hydrogen-bond donors (Lipinski definition) is 2. The molecule has 96 valence electrons. The van der Waals surface area contributed by atoms with Gasteiger partial charge in [0.2, 0.25) is 0 Å². The Kier molecular flexibility index (Phi) is 3.45. The number of aryl methyl sites for hydroxylation is 1. The van der Waals surface area contributed by atoms with Gasteiger partial charge in [0.15, 0.2) is 0 Å². The molecule has 0 aliphatic heterocycles. The van der Waals surface area contributed by atoms with Crippen molar-refractivity contribution in [2.45, 2.75) is 33.4 Å². The van der Waals surface area contributed by atoms with E-state index in [1.807, 2.05) is 17.7 Å². The number of hydrogen-bond acceptors (Lipinski definition) is 5. The molecule has 6 heteroatoms. The first-order chi connectivity index (χ1) is 8.59. The first-order valence-corrected chi connectivity index (χ1v) is 5.93. The van der Waals surface area contributed by atoms with Gasteiger partial charge in [0, 0.05) is 12.2 Å². The van der Waals surface area contributed by atoms with Crippen LogP contribution in [0, 0.1) is 6.92 Å². The zero-order valence-corrected chi connectivity index (χ0v) is 10.9. The van der Waals surface area contributed by atoms with Gasteiger partial charge in [0.05, 0.1) is 23.6 Å². The molecule has 18 heavy (non-hydrogen) atoms. The van der Waals surface area contributed by atoms with Crippen LogP contribution in [0.2, 0.25) is 0 Å². The average Bonchev–Trinajstić information content (AvgIpc) is 2.65. The minimum absolute atomic E-state index is 0.258. The standard InChI is InChI=1S/C12H18N6/c1-8(2)18-12(11(13)9(3)17-18)15-6-10-4-5-14-7-16-10/h4-5,7-8,15H,6,13H2,1-3H3. The summed E-state index contributed by atoms with van der Waals surface area (Å²) >= 11 is 0. The summed E-state index contributed by atoms with van der Waals surface area (Å²) in [4.78, 5) is 8.05. The predicted octanol–water partition coefficient (Wildman–Crippen LogP) is 1.76. The lowest BCUT2D eigenvalue weighted by atomic mass is 10.3. The number of nitrogen functional groups attached to an aromatic ring is 1. The molecule has 0 fully saturated rings. The van der Waals surface area contributed by atoms with E-state index >= 15 is 0 Å². The number of nitrogens with zero attached hydrogens (tertiary/aromatic N) is 4. The largest absolute Gasteiger partial charge is 0.394 e. The fourth-order valence-corrected chi connectivity index (χ4v) is 1.71. The van der Waals surface area contributed by atoms with Crippen LogP contribution in [0.5, 0.6) is 0 Å². The lowest BCUT2D eigenvalue weighted by molar-refractivity contribution is 0.534. The van der Waals surface area contributed by atoms with Crippen molar-refractivity contribution >= 4 is 11.5 Å². The zero-order chi connectivity index (χ0) is 13.1. The SMILES string of the molecule is Cc1nn(C(C)C)c(NCc2ccncn2)c1N. The van der Waals surface area contributed by atoms with Gasteiger partial charge in [0.1, 0.15) is 12.1 Å². The molecular formula is C12H18N6. The Balaban J connectivity index is 2.19. The van der Waals surface area contributed by atoms with E-state index in [1.165, 1.54) is 6.33 Å². The van der Waals surface area contributed by atoms with Crippen molar-refractivity contribution in [3.8, 4) is 0 Å². The zero-order valence-electron chi connectivity index (χ0n) is 10.9. The Labute approximate surface area is 106 Å². The summed E-state index contributed by atoms with van der Waals surface area (Å²) in [6, 6.07) is 2.13. The Bertz CT molecular complexity index is 517. The van der Waals surface area contributed by atoms with Gasteiger partial charge in [-0.05, 0) is 26.8 Å². The number of rotatable bonds is 4. The van der Waals surface area contributed by atoms with Gasteiger partial charge in [-0.25, -0.2) is 14.6 Å². The summed E-state index contributed by atoms with van der Waals surface area (Å²) in [6.45, 7) is 6.65. The maximum Gasteiger partial charge on any atom is 0.148 e. The normalized spacial score (nSPS) is 10.9. The second-order valence-electron chi connectivity index (χ2n) is 4.44. The van der Waals surface area contributed by atoms with E-state index in [9.17, 15) is 0 Å². The molecule has 0 amide bonds. The van der Waals surface area contributed by atoms with Gasteiger partial charge < -0.3 is 11.1 Å². The molecule has 0 radical (unpaired) electrons. The molecular weight excluding hydrogens is 228 g/mol. The first kappa shape index (κ1) is 12.3. The van der Waals surface area contributed by atoms with Crippen molar-refractivity contribution in [2.24, 2.45) is 0 Å². The smallest absolute Gasteiger partial charge is 0.148 e. The quantitative estimate of drug-likeness (QED) is 0.859. The van der Waals surface area contributed by atoms with E-state index in [4.69, 9.17) is 5.73 Å². The molecule has 0 aliphatic carbocycles. The molecule has 0 saturated carbocycles. The number of nitrogens with one attached hydrogen (secondary N) is 1. The summed E-state index contributed by atoms with van der Waals surface area (Å²) in [5, 5.41) is 7.70. The van der Waals surface area contributed by atoms with Gasteiger partial charge >= 0.3 is 0 Å². The molecule has 2 aromatic heterocycles. The van der Waals surface area contributed by atoms with Crippen LogP contribution in [0.15, 0.2) is 18.6 Å². The summed E-state index contributed by atoms with van der Waals surface area (Å²) < 4.78 is 1.89. The van der Waals surface area contributed by atoms with Crippen LogP contribution in [0.4, 0.5) is 11.5 Å². The second-order valence-corrected chi connectivity index (χ2v) is 4.44. The fraction of sp³-hybridized carbons (Fsp3) is 0.417. The van der Waals surface area contributed by atoms with Gasteiger partial charge in [-0.15, -0.1) is 0 Å². The summed E-state index contributed by atoms with van der Waals surface area (Å²) in [7, 11) is 0.